The second-order valence-electron chi connectivity index (χ2n) is 16.1. The number of ether oxygens (including phenoxy) is 2. The SMILES string of the molecule is CCCCCCCCCC(C(=O)OC)[Si](C)(O[Si](C)(C)O[Si](C)(C)C)O[Si@@](C)(CCCOCCCCC)O[Si](C)(C)O[Si](C)(C)C. The van der Waals surface area contributed by atoms with Gasteiger partial charge in [0.1, 0.15) is 0 Å². The Hall–Kier alpha value is 0.531. The van der Waals surface area contributed by atoms with Crippen LogP contribution in [0.1, 0.15) is 90.9 Å². The number of unbranched alkanes of at least 4 members (excludes halogenated alkanes) is 8. The maximum Gasteiger partial charge on any atom is 0.331 e. The molecule has 46 heavy (non-hydrogen) atoms. The molecule has 276 valence electrons. The van der Waals surface area contributed by atoms with Gasteiger partial charge in [-0.3, -0.25) is 4.79 Å². The van der Waals surface area contributed by atoms with Crippen molar-refractivity contribution < 1.29 is 34.8 Å². The maximum atomic E-state index is 13.7. The van der Waals surface area contributed by atoms with E-state index in [1.165, 1.54) is 52.1 Å². The van der Waals surface area contributed by atoms with Gasteiger partial charge in [-0.1, -0.05) is 71.6 Å². The highest BCUT2D eigenvalue weighted by Crippen LogP contribution is 2.39. The molecule has 14 heteroatoms. The maximum absolute atomic E-state index is 13.7. The molecule has 0 radical (unpaired) electrons. The van der Waals surface area contributed by atoms with Crippen molar-refractivity contribution in [3.05, 3.63) is 0 Å². The summed E-state index contributed by atoms with van der Waals surface area (Å²) in [5.41, 5.74) is -0.478. The molecule has 0 amide bonds. The third kappa shape index (κ3) is 22.3. The Bertz CT molecular complexity index is 836. The fourth-order valence-electron chi connectivity index (χ4n) is 6.33. The molecule has 3 atom stereocenters. The van der Waals surface area contributed by atoms with Gasteiger partial charge in [0.25, 0.3) is 0 Å². The number of rotatable bonds is 28. The first kappa shape index (κ1) is 46.5. The molecule has 0 fully saturated rings. The number of carbonyl (C=O) groups is 1. The van der Waals surface area contributed by atoms with Gasteiger partial charge in [0, 0.05) is 13.2 Å². The lowest BCUT2D eigenvalue weighted by Gasteiger charge is -2.47. The van der Waals surface area contributed by atoms with Crippen molar-refractivity contribution in [3.63, 3.8) is 0 Å². The van der Waals surface area contributed by atoms with E-state index in [-0.39, 0.29) is 5.97 Å². The summed E-state index contributed by atoms with van der Waals surface area (Å²) in [4.78, 5) is 13.7. The molecule has 0 aromatic rings. The zero-order valence-corrected chi connectivity index (χ0v) is 38.9. The van der Waals surface area contributed by atoms with Crippen LogP contribution in [0.4, 0.5) is 0 Å². The predicted molar refractivity (Wildman–Crippen MR) is 208 cm³/mol. The number of hydrogen-bond acceptors (Lipinski definition) is 8. The molecule has 0 aromatic carbocycles. The van der Waals surface area contributed by atoms with Crippen LogP contribution in [0.3, 0.4) is 0 Å². The van der Waals surface area contributed by atoms with E-state index in [1.54, 1.807) is 0 Å². The first-order chi connectivity index (χ1) is 21.0. The molecule has 0 N–H and O–H groups in total. The van der Waals surface area contributed by atoms with Gasteiger partial charge in [0.15, 0.2) is 16.6 Å². The van der Waals surface area contributed by atoms with Gasteiger partial charge in [0.2, 0.25) is 0 Å². The van der Waals surface area contributed by atoms with Crippen LogP contribution in [-0.4, -0.2) is 77.2 Å². The molecule has 0 rings (SSSR count). The summed E-state index contributed by atoms with van der Waals surface area (Å²) in [6, 6.07) is 0.737. The van der Waals surface area contributed by atoms with Crippen LogP contribution in [0.2, 0.25) is 90.1 Å². The molecule has 0 heterocycles. The monoisotopic (exact) mass is 756 g/mol. The molecule has 0 aliphatic carbocycles. The fourth-order valence-corrected chi connectivity index (χ4v) is 35.8. The summed E-state index contributed by atoms with van der Waals surface area (Å²) < 4.78 is 46.5. The highest BCUT2D eigenvalue weighted by Gasteiger charge is 2.56. The number of methoxy groups -OCH3 is 1. The smallest absolute Gasteiger partial charge is 0.331 e. The van der Waals surface area contributed by atoms with Gasteiger partial charge in [-0.05, 0) is 104 Å². The topological polar surface area (TPSA) is 81.7 Å². The lowest BCUT2D eigenvalue weighted by Crippen LogP contribution is -2.64. The Morgan fingerprint density at radius 1 is 0.543 bits per heavy atom. The molecule has 0 aliphatic rings. The molecule has 0 spiro atoms. The zero-order chi connectivity index (χ0) is 35.7. The van der Waals surface area contributed by atoms with E-state index in [0.717, 1.165) is 38.3 Å². The molecule has 8 nitrogen and oxygen atoms in total. The minimum absolute atomic E-state index is 0.247. The summed E-state index contributed by atoms with van der Waals surface area (Å²) in [7, 11) is -13.9. The average Bonchev–Trinajstić information content (AvgIpc) is 2.85. The molecule has 0 aromatic heterocycles. The summed E-state index contributed by atoms with van der Waals surface area (Å²) in [6.07, 6.45) is 13.2. The molecule has 0 aliphatic heterocycles. The third-order valence-electron chi connectivity index (χ3n) is 7.46. The third-order valence-corrected chi connectivity index (χ3v) is 30.0. The van der Waals surface area contributed by atoms with Crippen LogP contribution >= 0.6 is 0 Å². The van der Waals surface area contributed by atoms with Crippen molar-refractivity contribution >= 4 is 56.8 Å². The zero-order valence-electron chi connectivity index (χ0n) is 32.9. The standard InChI is InChI=1S/C32H76O8Si6/c1-16-18-20-21-22-23-24-27-31(32(33)34-3)46(15,39-44(12,13)37-42(7,8)9)40-45(14,30-26-29-35-28-25-19-17-2)38-43(10,11)36-41(4,5)6/h31H,16-30H2,1-15H3/t31?,45-,46?/m0/s1. The van der Waals surface area contributed by atoms with E-state index >= 15 is 0 Å². The van der Waals surface area contributed by atoms with Crippen molar-refractivity contribution in [1.82, 2.24) is 0 Å². The molecular formula is C32H76O8Si6. The molecule has 2 unspecified atom stereocenters. The van der Waals surface area contributed by atoms with Crippen LogP contribution < -0.4 is 0 Å². The molecule has 0 saturated carbocycles. The number of esters is 1. The van der Waals surface area contributed by atoms with Crippen molar-refractivity contribution in [2.45, 2.75) is 181 Å². The molecule has 0 bridgehead atoms. The Balaban J connectivity index is 6.50. The van der Waals surface area contributed by atoms with E-state index in [9.17, 15) is 4.79 Å². The van der Waals surface area contributed by atoms with Crippen molar-refractivity contribution in [2.24, 2.45) is 0 Å². The van der Waals surface area contributed by atoms with E-state index in [4.69, 9.17) is 30.0 Å². The Morgan fingerprint density at radius 3 is 1.50 bits per heavy atom. The van der Waals surface area contributed by atoms with Gasteiger partial charge in [-0.15, -0.1) is 0 Å². The van der Waals surface area contributed by atoms with Gasteiger partial charge in [0.05, 0.1) is 12.7 Å². The van der Waals surface area contributed by atoms with Crippen molar-refractivity contribution in [1.29, 1.82) is 0 Å². The van der Waals surface area contributed by atoms with E-state index in [0.29, 0.717) is 13.0 Å². The highest BCUT2D eigenvalue weighted by atomic mass is 28.5. The Labute approximate surface area is 292 Å². The van der Waals surface area contributed by atoms with E-state index in [2.05, 4.69) is 92.4 Å². The molecule has 0 saturated heterocycles. The van der Waals surface area contributed by atoms with Gasteiger partial charge in [-0.25, -0.2) is 0 Å². The lowest BCUT2D eigenvalue weighted by molar-refractivity contribution is -0.141. The average molecular weight is 757 g/mol. The number of carbonyl (C=O) groups excluding carboxylic acids is 1. The quantitative estimate of drug-likeness (QED) is 0.0443. The molecular weight excluding hydrogens is 681 g/mol. The first-order valence-corrected chi connectivity index (χ1v) is 35.6. The van der Waals surface area contributed by atoms with Gasteiger partial charge in [-0.2, -0.15) is 0 Å². The predicted octanol–water partition coefficient (Wildman–Crippen LogP) is 10.6. The summed E-state index contributed by atoms with van der Waals surface area (Å²) in [5.74, 6) is -0.247. The Morgan fingerprint density at radius 2 is 1.00 bits per heavy atom. The minimum atomic E-state index is -3.30. The normalized spacial score (nSPS) is 16.6. The van der Waals surface area contributed by atoms with E-state index in [1.807, 2.05) is 0 Å². The van der Waals surface area contributed by atoms with E-state index < -0.39 is 56.4 Å². The first-order valence-electron chi connectivity index (χ1n) is 18.2. The van der Waals surface area contributed by atoms with Crippen molar-refractivity contribution in [3.8, 4) is 0 Å². The summed E-state index contributed by atoms with van der Waals surface area (Å²) >= 11 is 0. The Kier molecular flexibility index (Phi) is 21.9. The van der Waals surface area contributed by atoms with Crippen LogP contribution in [0.5, 0.6) is 0 Å². The lowest BCUT2D eigenvalue weighted by atomic mass is 10.1. The van der Waals surface area contributed by atoms with Crippen molar-refractivity contribution in [2.75, 3.05) is 20.3 Å². The van der Waals surface area contributed by atoms with Crippen LogP contribution in [0, 0.1) is 0 Å². The largest absolute Gasteiger partial charge is 0.469 e. The fraction of sp³-hybridized carbons (Fsp3) is 0.969. The summed E-state index contributed by atoms with van der Waals surface area (Å²) in [6.45, 7) is 31.7. The van der Waals surface area contributed by atoms with Gasteiger partial charge < -0.3 is 30.0 Å². The van der Waals surface area contributed by atoms with Crippen LogP contribution in [-0.2, 0) is 34.8 Å². The minimum Gasteiger partial charge on any atom is -0.469 e. The van der Waals surface area contributed by atoms with Crippen LogP contribution in [0.15, 0.2) is 0 Å². The van der Waals surface area contributed by atoms with Crippen LogP contribution in [0.25, 0.3) is 0 Å². The second-order valence-corrected chi connectivity index (χ2v) is 39.7. The second kappa shape index (κ2) is 21.7. The summed E-state index contributed by atoms with van der Waals surface area (Å²) in [5, 5.41) is 0. The number of hydrogen-bond donors (Lipinski definition) is 0. The highest BCUT2D eigenvalue weighted by molar-refractivity contribution is 6.92. The van der Waals surface area contributed by atoms with Gasteiger partial charge >= 0.3 is 40.2 Å².